The molecule has 5 nitrogen and oxygen atoms in total. The SMILES string of the molecule is CC1(C(=O)N2C[C@H](O)CO2)CCCO1. The van der Waals surface area contributed by atoms with Crippen LogP contribution < -0.4 is 0 Å². The lowest BCUT2D eigenvalue weighted by Crippen LogP contribution is -2.45. The minimum atomic E-state index is -0.746. The summed E-state index contributed by atoms with van der Waals surface area (Å²) in [7, 11) is 0. The highest BCUT2D eigenvalue weighted by Crippen LogP contribution is 2.28. The van der Waals surface area contributed by atoms with Crippen molar-refractivity contribution in [2.75, 3.05) is 19.8 Å². The van der Waals surface area contributed by atoms with E-state index in [-0.39, 0.29) is 19.1 Å². The Morgan fingerprint density at radius 1 is 1.64 bits per heavy atom. The summed E-state index contributed by atoms with van der Waals surface area (Å²) >= 11 is 0. The number of amides is 1. The van der Waals surface area contributed by atoms with E-state index in [1.807, 2.05) is 0 Å². The molecule has 0 aromatic carbocycles. The average molecular weight is 201 g/mol. The first kappa shape index (κ1) is 9.89. The van der Waals surface area contributed by atoms with Crippen molar-refractivity contribution in [3.63, 3.8) is 0 Å². The van der Waals surface area contributed by atoms with Crippen molar-refractivity contribution in [3.05, 3.63) is 0 Å². The summed E-state index contributed by atoms with van der Waals surface area (Å²) in [6, 6.07) is 0. The summed E-state index contributed by atoms with van der Waals surface area (Å²) in [6.07, 6.45) is 1.06. The molecule has 2 fully saturated rings. The third-order valence-corrected chi connectivity index (χ3v) is 2.70. The Kier molecular flexibility index (Phi) is 2.47. The second-order valence-corrected chi connectivity index (χ2v) is 4.00. The van der Waals surface area contributed by atoms with Gasteiger partial charge in [-0.05, 0) is 19.8 Å². The molecule has 0 spiro atoms. The molecule has 14 heavy (non-hydrogen) atoms. The first-order chi connectivity index (χ1) is 6.62. The number of β-amino-alcohol motifs (C(OH)–C–C–N with tert-alkyl or cyclic N) is 1. The lowest BCUT2D eigenvalue weighted by atomic mass is 10.0. The van der Waals surface area contributed by atoms with Crippen molar-refractivity contribution in [3.8, 4) is 0 Å². The van der Waals surface area contributed by atoms with Gasteiger partial charge in [0.2, 0.25) is 0 Å². The van der Waals surface area contributed by atoms with Gasteiger partial charge in [-0.2, -0.15) is 0 Å². The molecule has 2 atom stereocenters. The highest BCUT2D eigenvalue weighted by molar-refractivity contribution is 5.84. The predicted molar refractivity (Wildman–Crippen MR) is 47.3 cm³/mol. The lowest BCUT2D eigenvalue weighted by Gasteiger charge is -2.26. The zero-order chi connectivity index (χ0) is 10.2. The number of aliphatic hydroxyl groups excluding tert-OH is 1. The van der Waals surface area contributed by atoms with Gasteiger partial charge >= 0.3 is 0 Å². The zero-order valence-corrected chi connectivity index (χ0v) is 8.23. The number of carbonyl (C=O) groups is 1. The van der Waals surface area contributed by atoms with E-state index in [1.54, 1.807) is 6.92 Å². The molecule has 0 aromatic heterocycles. The summed E-state index contributed by atoms with van der Waals surface area (Å²) in [5, 5.41) is 10.4. The van der Waals surface area contributed by atoms with Gasteiger partial charge < -0.3 is 9.84 Å². The van der Waals surface area contributed by atoms with Crippen LogP contribution in [0.1, 0.15) is 19.8 Å². The number of ether oxygens (including phenoxy) is 1. The second-order valence-electron chi connectivity index (χ2n) is 4.00. The quantitative estimate of drug-likeness (QED) is 0.632. The molecule has 0 saturated carbocycles. The van der Waals surface area contributed by atoms with E-state index < -0.39 is 11.7 Å². The maximum absolute atomic E-state index is 11.9. The van der Waals surface area contributed by atoms with E-state index in [1.165, 1.54) is 5.06 Å². The molecule has 80 valence electrons. The van der Waals surface area contributed by atoms with Gasteiger partial charge in [0.25, 0.3) is 5.91 Å². The molecule has 0 aliphatic carbocycles. The van der Waals surface area contributed by atoms with E-state index in [0.29, 0.717) is 6.61 Å². The fraction of sp³-hybridized carbons (Fsp3) is 0.889. The first-order valence-electron chi connectivity index (χ1n) is 4.89. The number of rotatable bonds is 1. The predicted octanol–water partition coefficient (Wildman–Crippen LogP) is -0.310. The van der Waals surface area contributed by atoms with E-state index in [2.05, 4.69) is 0 Å². The van der Waals surface area contributed by atoms with Crippen LogP contribution in [0.25, 0.3) is 0 Å². The van der Waals surface area contributed by atoms with Crippen molar-refractivity contribution in [1.29, 1.82) is 0 Å². The standard InChI is InChI=1S/C9H15NO4/c1-9(3-2-4-13-9)8(12)10-5-7(11)6-14-10/h7,11H,2-6H2,1H3/t7-,9?/m0/s1. The van der Waals surface area contributed by atoms with Crippen LogP contribution in [0.5, 0.6) is 0 Å². The van der Waals surface area contributed by atoms with Gasteiger partial charge in [0, 0.05) is 6.61 Å². The molecule has 0 bridgehead atoms. The average Bonchev–Trinajstić information content (AvgIpc) is 2.74. The highest BCUT2D eigenvalue weighted by atomic mass is 16.7. The van der Waals surface area contributed by atoms with Gasteiger partial charge in [0.1, 0.15) is 18.3 Å². The third-order valence-electron chi connectivity index (χ3n) is 2.70. The molecular weight excluding hydrogens is 186 g/mol. The van der Waals surface area contributed by atoms with Crippen molar-refractivity contribution in [2.45, 2.75) is 31.5 Å². The maximum Gasteiger partial charge on any atom is 0.278 e. The number of aliphatic hydroxyl groups is 1. The smallest absolute Gasteiger partial charge is 0.278 e. The van der Waals surface area contributed by atoms with Crippen molar-refractivity contribution in [1.82, 2.24) is 5.06 Å². The largest absolute Gasteiger partial charge is 0.389 e. The summed E-state index contributed by atoms with van der Waals surface area (Å²) < 4.78 is 5.40. The van der Waals surface area contributed by atoms with Crippen LogP contribution in [0.2, 0.25) is 0 Å². The second kappa shape index (κ2) is 3.49. The van der Waals surface area contributed by atoms with Gasteiger partial charge in [-0.15, -0.1) is 0 Å². The highest BCUT2D eigenvalue weighted by Gasteiger charge is 2.43. The van der Waals surface area contributed by atoms with E-state index in [4.69, 9.17) is 9.57 Å². The third kappa shape index (κ3) is 1.63. The number of carbonyl (C=O) groups excluding carboxylic acids is 1. The number of hydrogen-bond donors (Lipinski definition) is 1. The fourth-order valence-corrected chi connectivity index (χ4v) is 1.83. The zero-order valence-electron chi connectivity index (χ0n) is 8.23. The number of nitrogens with zero attached hydrogens (tertiary/aromatic N) is 1. The normalized spacial score (nSPS) is 37.9. The molecule has 1 unspecified atom stereocenters. The van der Waals surface area contributed by atoms with Crippen molar-refractivity contribution < 1.29 is 19.5 Å². The Morgan fingerprint density at radius 3 is 2.93 bits per heavy atom. The van der Waals surface area contributed by atoms with E-state index in [9.17, 15) is 9.90 Å². The monoisotopic (exact) mass is 201 g/mol. The lowest BCUT2D eigenvalue weighted by molar-refractivity contribution is -0.188. The van der Waals surface area contributed by atoms with Crippen molar-refractivity contribution >= 4 is 5.91 Å². The molecular formula is C9H15NO4. The van der Waals surface area contributed by atoms with E-state index in [0.717, 1.165) is 12.8 Å². The number of hydroxylamine groups is 2. The van der Waals surface area contributed by atoms with Gasteiger partial charge in [0.05, 0.1) is 6.54 Å². The van der Waals surface area contributed by atoms with Crippen LogP contribution in [-0.2, 0) is 14.4 Å². The topological polar surface area (TPSA) is 59.0 Å². The molecule has 1 amide bonds. The van der Waals surface area contributed by atoms with Crippen LogP contribution in [-0.4, -0.2) is 47.5 Å². The fourth-order valence-electron chi connectivity index (χ4n) is 1.83. The molecule has 2 rings (SSSR count). The Bertz CT molecular complexity index is 237. The van der Waals surface area contributed by atoms with Crippen LogP contribution in [0.4, 0.5) is 0 Å². The Labute approximate surface area is 82.5 Å². The number of hydrogen-bond acceptors (Lipinski definition) is 4. The Balaban J connectivity index is 2.00. The Morgan fingerprint density at radius 2 is 2.43 bits per heavy atom. The minimum absolute atomic E-state index is 0.174. The van der Waals surface area contributed by atoms with Crippen LogP contribution in [0.3, 0.4) is 0 Å². The first-order valence-corrected chi connectivity index (χ1v) is 4.89. The molecule has 2 heterocycles. The van der Waals surface area contributed by atoms with Crippen LogP contribution in [0, 0.1) is 0 Å². The molecule has 2 aliphatic heterocycles. The van der Waals surface area contributed by atoms with Gasteiger partial charge in [0.15, 0.2) is 0 Å². The molecule has 0 aromatic rings. The van der Waals surface area contributed by atoms with Gasteiger partial charge in [-0.25, -0.2) is 5.06 Å². The maximum atomic E-state index is 11.9. The van der Waals surface area contributed by atoms with Crippen LogP contribution in [0.15, 0.2) is 0 Å². The van der Waals surface area contributed by atoms with Gasteiger partial charge in [-0.3, -0.25) is 9.63 Å². The van der Waals surface area contributed by atoms with Crippen LogP contribution >= 0.6 is 0 Å². The van der Waals surface area contributed by atoms with Gasteiger partial charge in [-0.1, -0.05) is 0 Å². The molecule has 2 saturated heterocycles. The minimum Gasteiger partial charge on any atom is -0.389 e. The van der Waals surface area contributed by atoms with E-state index >= 15 is 0 Å². The molecule has 1 N–H and O–H groups in total. The summed E-state index contributed by atoms with van der Waals surface area (Å²) in [5.41, 5.74) is -0.746. The summed E-state index contributed by atoms with van der Waals surface area (Å²) in [5.74, 6) is -0.174. The molecule has 5 heteroatoms. The molecule has 2 aliphatic rings. The summed E-state index contributed by atoms with van der Waals surface area (Å²) in [4.78, 5) is 16.9. The summed E-state index contributed by atoms with van der Waals surface area (Å²) in [6.45, 7) is 2.84. The Hall–Kier alpha value is -0.650. The molecule has 0 radical (unpaired) electrons. The van der Waals surface area contributed by atoms with Crippen molar-refractivity contribution in [2.24, 2.45) is 0 Å².